The van der Waals surface area contributed by atoms with Crippen molar-refractivity contribution >= 4 is 0 Å². The minimum Gasteiger partial charge on any atom is -0.320 e. The molecule has 0 rings (SSSR count). The van der Waals surface area contributed by atoms with Crippen LogP contribution in [0.1, 0.15) is 46.5 Å². The molecule has 64 valence electrons. The summed E-state index contributed by atoms with van der Waals surface area (Å²) < 4.78 is 0. The monoisotopic (exact) mass is 145 g/mol. The lowest BCUT2D eigenvalue weighted by molar-refractivity contribution is 0.702. The molecule has 0 bridgehead atoms. The van der Waals surface area contributed by atoms with Gasteiger partial charge in [0.05, 0.1) is 0 Å². The molecule has 0 aromatic carbocycles. The molecule has 1 nitrogen and oxygen atoms in total. The zero-order valence-electron chi connectivity index (χ0n) is 8.04. The molecule has 0 saturated heterocycles. The Morgan fingerprint density at radius 3 is 1.30 bits per heavy atom. The Bertz CT molecular complexity index is 29.7. The third-order valence-corrected chi connectivity index (χ3v) is 1.31. The van der Waals surface area contributed by atoms with Crippen LogP contribution in [0, 0.1) is 0 Å². The van der Waals surface area contributed by atoms with Crippen molar-refractivity contribution in [3.8, 4) is 0 Å². The summed E-state index contributed by atoms with van der Waals surface area (Å²) in [5.74, 6) is 0. The number of hydrogen-bond donors (Lipinski definition) is 1. The number of hydrogen-bond acceptors (Lipinski definition) is 1. The molecule has 0 heterocycles. The average Bonchev–Trinajstić information content (AvgIpc) is 2.01. The summed E-state index contributed by atoms with van der Waals surface area (Å²) in [6, 6.07) is 0. The second-order valence-corrected chi connectivity index (χ2v) is 2.41. The Morgan fingerprint density at radius 1 is 0.900 bits per heavy atom. The number of nitrogens with one attached hydrogen (secondary N) is 1. The Balaban J connectivity index is 0. The van der Waals surface area contributed by atoms with E-state index in [9.17, 15) is 0 Å². The Morgan fingerprint density at radius 2 is 1.20 bits per heavy atom. The van der Waals surface area contributed by atoms with Gasteiger partial charge in [-0.1, -0.05) is 46.5 Å². The Kier molecular flexibility index (Phi) is 20.2. The van der Waals surface area contributed by atoms with Crippen LogP contribution in [0.3, 0.4) is 0 Å². The van der Waals surface area contributed by atoms with Crippen LogP contribution in [0.2, 0.25) is 0 Å². The van der Waals surface area contributed by atoms with E-state index in [4.69, 9.17) is 0 Å². The van der Waals surface area contributed by atoms with E-state index < -0.39 is 0 Å². The van der Waals surface area contributed by atoms with Gasteiger partial charge in [0.25, 0.3) is 0 Å². The molecule has 0 radical (unpaired) electrons. The topological polar surface area (TPSA) is 12.0 Å². The zero-order chi connectivity index (χ0) is 8.24. The second kappa shape index (κ2) is 16.0. The van der Waals surface area contributed by atoms with Crippen molar-refractivity contribution in [2.45, 2.75) is 46.5 Å². The molecule has 1 heteroatoms. The molecule has 0 aliphatic heterocycles. The van der Waals surface area contributed by atoms with E-state index in [1.165, 1.54) is 25.7 Å². The van der Waals surface area contributed by atoms with Gasteiger partial charge in [-0.05, 0) is 13.6 Å². The highest BCUT2D eigenvalue weighted by molar-refractivity contribution is 4.31. The van der Waals surface area contributed by atoms with Crippen LogP contribution >= 0.6 is 0 Å². The predicted molar refractivity (Wildman–Crippen MR) is 49.4 cm³/mol. The largest absolute Gasteiger partial charge is 0.320 e. The Labute approximate surface area is 66.2 Å². The highest BCUT2D eigenvalue weighted by atomic mass is 14.8. The fourth-order valence-electron chi connectivity index (χ4n) is 0.500. The minimum absolute atomic E-state index is 1.07. The van der Waals surface area contributed by atoms with Gasteiger partial charge in [0, 0.05) is 0 Å². The highest BCUT2D eigenvalue weighted by Gasteiger charge is 1.75. The molecule has 0 fully saturated rings. The van der Waals surface area contributed by atoms with Crippen molar-refractivity contribution in [2.75, 3.05) is 13.6 Å². The second-order valence-electron chi connectivity index (χ2n) is 2.41. The highest BCUT2D eigenvalue weighted by Crippen LogP contribution is 1.95. The van der Waals surface area contributed by atoms with E-state index >= 15 is 0 Å². The standard InChI is InChI=1S/C6H14.C3H9N/c1-3-5-6-4-2;1-3-4-2/h3-6H2,1-2H3;4H,3H2,1-2H3. The lowest BCUT2D eigenvalue weighted by Crippen LogP contribution is -2.01. The van der Waals surface area contributed by atoms with Gasteiger partial charge in [-0.25, -0.2) is 0 Å². The fourth-order valence-corrected chi connectivity index (χ4v) is 0.500. The van der Waals surface area contributed by atoms with Crippen LogP contribution in [-0.4, -0.2) is 13.6 Å². The third kappa shape index (κ3) is 24.6. The third-order valence-electron chi connectivity index (χ3n) is 1.31. The molecule has 0 aliphatic rings. The molecule has 1 N–H and O–H groups in total. The molecular formula is C9H23N. The zero-order valence-corrected chi connectivity index (χ0v) is 8.04. The predicted octanol–water partition coefficient (Wildman–Crippen LogP) is 2.81. The first-order valence-electron chi connectivity index (χ1n) is 4.47. The molecule has 0 aromatic heterocycles. The molecule has 0 spiro atoms. The van der Waals surface area contributed by atoms with Crippen molar-refractivity contribution in [2.24, 2.45) is 0 Å². The van der Waals surface area contributed by atoms with Crippen molar-refractivity contribution in [1.82, 2.24) is 5.32 Å². The average molecular weight is 145 g/mol. The molecule has 0 amide bonds. The molecule has 10 heavy (non-hydrogen) atoms. The Hall–Kier alpha value is -0.0400. The van der Waals surface area contributed by atoms with Gasteiger partial charge < -0.3 is 5.32 Å². The van der Waals surface area contributed by atoms with Crippen LogP contribution in [-0.2, 0) is 0 Å². The van der Waals surface area contributed by atoms with Crippen molar-refractivity contribution in [3.05, 3.63) is 0 Å². The van der Waals surface area contributed by atoms with E-state index in [1.807, 2.05) is 7.05 Å². The molecular weight excluding hydrogens is 122 g/mol. The molecule has 0 atom stereocenters. The van der Waals surface area contributed by atoms with E-state index in [0.717, 1.165) is 6.54 Å². The van der Waals surface area contributed by atoms with Crippen LogP contribution < -0.4 is 5.32 Å². The molecule has 0 unspecified atom stereocenters. The maximum atomic E-state index is 2.93. The van der Waals surface area contributed by atoms with Crippen LogP contribution in [0.4, 0.5) is 0 Å². The van der Waals surface area contributed by atoms with Gasteiger partial charge in [-0.3, -0.25) is 0 Å². The first-order chi connectivity index (χ1) is 4.83. The maximum absolute atomic E-state index is 2.93. The van der Waals surface area contributed by atoms with E-state index in [-0.39, 0.29) is 0 Å². The smallest absolute Gasteiger partial charge is 0.00804 e. The van der Waals surface area contributed by atoms with Crippen LogP contribution in [0.5, 0.6) is 0 Å². The van der Waals surface area contributed by atoms with Crippen LogP contribution in [0.15, 0.2) is 0 Å². The molecule has 0 saturated carbocycles. The first kappa shape index (κ1) is 12.6. The van der Waals surface area contributed by atoms with Gasteiger partial charge >= 0.3 is 0 Å². The fraction of sp³-hybridized carbons (Fsp3) is 1.00. The minimum atomic E-state index is 1.07. The van der Waals surface area contributed by atoms with Crippen molar-refractivity contribution in [1.29, 1.82) is 0 Å². The van der Waals surface area contributed by atoms with Crippen molar-refractivity contribution in [3.63, 3.8) is 0 Å². The number of unbranched alkanes of at least 4 members (excludes halogenated alkanes) is 3. The summed E-state index contributed by atoms with van der Waals surface area (Å²) in [5, 5.41) is 2.93. The normalized spacial score (nSPS) is 8.40. The van der Waals surface area contributed by atoms with Gasteiger partial charge in [-0.2, -0.15) is 0 Å². The maximum Gasteiger partial charge on any atom is -0.00804 e. The lowest BCUT2D eigenvalue weighted by atomic mass is 10.2. The van der Waals surface area contributed by atoms with Gasteiger partial charge in [-0.15, -0.1) is 0 Å². The molecule has 0 aromatic rings. The van der Waals surface area contributed by atoms with E-state index in [1.54, 1.807) is 0 Å². The summed E-state index contributed by atoms with van der Waals surface area (Å²) in [7, 11) is 1.93. The van der Waals surface area contributed by atoms with Crippen LogP contribution in [0.25, 0.3) is 0 Å². The summed E-state index contributed by atoms with van der Waals surface area (Å²) in [4.78, 5) is 0. The van der Waals surface area contributed by atoms with Crippen molar-refractivity contribution < 1.29 is 0 Å². The SMILES string of the molecule is CCCCCC.CCNC. The van der Waals surface area contributed by atoms with Gasteiger partial charge in [0.2, 0.25) is 0 Å². The van der Waals surface area contributed by atoms with E-state index in [2.05, 4.69) is 26.1 Å². The summed E-state index contributed by atoms with van der Waals surface area (Å²) >= 11 is 0. The van der Waals surface area contributed by atoms with E-state index in [0.29, 0.717) is 0 Å². The van der Waals surface area contributed by atoms with Gasteiger partial charge in [0.15, 0.2) is 0 Å². The first-order valence-corrected chi connectivity index (χ1v) is 4.47. The molecule has 0 aliphatic carbocycles. The van der Waals surface area contributed by atoms with Gasteiger partial charge in [0.1, 0.15) is 0 Å². The summed E-state index contributed by atoms with van der Waals surface area (Å²) in [5.41, 5.74) is 0. The summed E-state index contributed by atoms with van der Waals surface area (Å²) in [6.45, 7) is 7.60. The quantitative estimate of drug-likeness (QED) is 0.600. The lowest BCUT2D eigenvalue weighted by Gasteiger charge is -1.86. The number of rotatable bonds is 4. The summed E-state index contributed by atoms with van der Waals surface area (Å²) in [6.07, 6.45) is 5.54.